The lowest BCUT2D eigenvalue weighted by atomic mass is 9.85. The van der Waals surface area contributed by atoms with Gasteiger partial charge in [0.1, 0.15) is 5.82 Å². The van der Waals surface area contributed by atoms with Crippen LogP contribution in [0.4, 0.5) is 10.1 Å². The van der Waals surface area contributed by atoms with Crippen molar-refractivity contribution in [3.05, 3.63) is 65.8 Å². The van der Waals surface area contributed by atoms with Gasteiger partial charge in [0.2, 0.25) is 0 Å². The van der Waals surface area contributed by atoms with Crippen LogP contribution in [0.1, 0.15) is 43.7 Å². The zero-order valence-corrected chi connectivity index (χ0v) is 17.7. The average molecular weight is 428 g/mol. The molecule has 0 N–H and O–H groups in total. The Morgan fingerprint density at radius 2 is 1.93 bits per heavy atom. The van der Waals surface area contributed by atoms with Crippen molar-refractivity contribution in [2.75, 3.05) is 23.9 Å². The van der Waals surface area contributed by atoms with Gasteiger partial charge < -0.3 is 4.90 Å². The third-order valence-electron chi connectivity index (χ3n) is 6.67. The molecule has 0 bridgehead atoms. The number of anilines is 1. The van der Waals surface area contributed by atoms with E-state index in [9.17, 15) is 12.8 Å². The van der Waals surface area contributed by atoms with Crippen LogP contribution in [0.15, 0.2) is 59.1 Å². The molecule has 0 amide bonds. The zero-order valence-electron chi connectivity index (χ0n) is 16.9. The Kier molecular flexibility index (Phi) is 5.11. The number of likely N-dealkylation sites (tertiary alicyclic amines) is 1. The molecule has 30 heavy (non-hydrogen) atoms. The summed E-state index contributed by atoms with van der Waals surface area (Å²) in [5.41, 5.74) is 2.69. The first-order valence-corrected chi connectivity index (χ1v) is 12.1. The number of aromatic nitrogens is 1. The highest BCUT2D eigenvalue weighted by Crippen LogP contribution is 2.44. The molecule has 5 nitrogen and oxygen atoms in total. The Morgan fingerprint density at radius 3 is 2.67 bits per heavy atom. The van der Waals surface area contributed by atoms with E-state index in [0.717, 1.165) is 31.0 Å². The van der Waals surface area contributed by atoms with Crippen LogP contribution in [-0.4, -0.2) is 44.0 Å². The maximum Gasteiger partial charge on any atom is 0.264 e. The highest BCUT2D eigenvalue weighted by atomic mass is 32.2. The van der Waals surface area contributed by atoms with Gasteiger partial charge in [-0.3, -0.25) is 9.29 Å². The molecule has 1 aromatic carbocycles. The molecule has 1 fully saturated rings. The van der Waals surface area contributed by atoms with Gasteiger partial charge in [-0.05, 0) is 75.5 Å². The van der Waals surface area contributed by atoms with E-state index in [-0.39, 0.29) is 10.8 Å². The lowest BCUT2D eigenvalue weighted by molar-refractivity contribution is 0.225. The standard InChI is InChI=1S/C23H26FN3O2S/c24-18-5-3-6-20(15-18)30(28,29)27-16-21(23-22(27)7-4-12-25-23)17-8-10-19(11-9-17)26-13-1-2-14-26/h3-8,12,15,19,21H,1-2,9-11,13-14,16H2. The quantitative estimate of drug-likeness (QED) is 0.690. The second-order valence-corrected chi connectivity index (χ2v) is 10.3. The first-order valence-electron chi connectivity index (χ1n) is 10.7. The Labute approximate surface area is 177 Å². The molecule has 1 saturated heterocycles. The van der Waals surface area contributed by atoms with E-state index in [2.05, 4.69) is 16.0 Å². The van der Waals surface area contributed by atoms with Crippen LogP contribution in [0, 0.1) is 5.82 Å². The fourth-order valence-electron chi connectivity index (χ4n) is 5.11. The number of rotatable bonds is 4. The van der Waals surface area contributed by atoms with Crippen molar-refractivity contribution >= 4 is 15.7 Å². The minimum Gasteiger partial charge on any atom is -0.300 e. The van der Waals surface area contributed by atoms with Crippen LogP contribution >= 0.6 is 0 Å². The first kappa shape index (κ1) is 19.7. The molecule has 2 aromatic rings. The number of nitrogens with zero attached hydrogens (tertiary/aromatic N) is 3. The maximum atomic E-state index is 13.7. The lowest BCUT2D eigenvalue weighted by Gasteiger charge is -2.31. The fraction of sp³-hybridized carbons (Fsp3) is 0.435. The molecule has 0 spiro atoms. The van der Waals surface area contributed by atoms with Gasteiger partial charge in [-0.25, -0.2) is 12.8 Å². The molecular weight excluding hydrogens is 401 g/mol. The molecule has 158 valence electrons. The molecule has 2 aliphatic heterocycles. The number of benzene rings is 1. The normalized spacial score (nSPS) is 24.7. The molecule has 1 aromatic heterocycles. The van der Waals surface area contributed by atoms with E-state index in [1.165, 1.54) is 54.0 Å². The number of pyridine rings is 1. The summed E-state index contributed by atoms with van der Waals surface area (Å²) in [6.45, 7) is 2.72. The van der Waals surface area contributed by atoms with Gasteiger partial charge in [0.25, 0.3) is 10.0 Å². The SMILES string of the molecule is O=S(=O)(c1cccc(F)c1)N1CC(C2=CCC(N3CCCC3)CC2)c2ncccc21. The lowest BCUT2D eigenvalue weighted by Crippen LogP contribution is -2.34. The molecule has 7 heteroatoms. The van der Waals surface area contributed by atoms with Crippen LogP contribution in [0.2, 0.25) is 0 Å². The third-order valence-corrected chi connectivity index (χ3v) is 8.45. The Balaban J connectivity index is 1.44. The van der Waals surface area contributed by atoms with Crippen molar-refractivity contribution in [1.29, 1.82) is 0 Å². The van der Waals surface area contributed by atoms with E-state index in [4.69, 9.17) is 0 Å². The average Bonchev–Trinajstić information content (AvgIpc) is 3.43. The minimum absolute atomic E-state index is 0.0234. The van der Waals surface area contributed by atoms with Crippen LogP contribution in [0.3, 0.4) is 0 Å². The molecule has 2 atom stereocenters. The van der Waals surface area contributed by atoms with Crippen molar-refractivity contribution in [3.8, 4) is 0 Å². The van der Waals surface area contributed by atoms with Crippen LogP contribution in [0.25, 0.3) is 0 Å². The van der Waals surface area contributed by atoms with E-state index >= 15 is 0 Å². The Bertz CT molecular complexity index is 1080. The van der Waals surface area contributed by atoms with E-state index < -0.39 is 15.8 Å². The van der Waals surface area contributed by atoms with E-state index in [0.29, 0.717) is 18.3 Å². The Hall–Kier alpha value is -2.25. The zero-order chi connectivity index (χ0) is 20.7. The summed E-state index contributed by atoms with van der Waals surface area (Å²) in [6.07, 6.45) is 9.72. The topological polar surface area (TPSA) is 53.5 Å². The van der Waals surface area contributed by atoms with Gasteiger partial charge in [-0.15, -0.1) is 0 Å². The van der Waals surface area contributed by atoms with Crippen LogP contribution in [0.5, 0.6) is 0 Å². The molecule has 1 aliphatic carbocycles. The second-order valence-electron chi connectivity index (χ2n) is 8.40. The molecule has 2 unspecified atom stereocenters. The van der Waals surface area contributed by atoms with E-state index in [1.54, 1.807) is 18.3 Å². The molecule has 5 rings (SSSR count). The molecule has 0 radical (unpaired) electrons. The van der Waals surface area contributed by atoms with Crippen LogP contribution < -0.4 is 4.31 Å². The maximum absolute atomic E-state index is 13.7. The first-order chi connectivity index (χ1) is 14.5. The smallest absolute Gasteiger partial charge is 0.264 e. The summed E-state index contributed by atoms with van der Waals surface area (Å²) in [6, 6.07) is 9.38. The third kappa shape index (κ3) is 3.44. The van der Waals surface area contributed by atoms with Gasteiger partial charge in [0, 0.05) is 24.7 Å². The van der Waals surface area contributed by atoms with Crippen molar-refractivity contribution in [2.24, 2.45) is 0 Å². The summed E-state index contributed by atoms with van der Waals surface area (Å²) in [7, 11) is -3.85. The molecule has 0 saturated carbocycles. The predicted octanol–water partition coefficient (Wildman–Crippen LogP) is 4.09. The van der Waals surface area contributed by atoms with E-state index in [1.807, 2.05) is 0 Å². The number of hydrogen-bond acceptors (Lipinski definition) is 4. The van der Waals surface area contributed by atoms with Gasteiger partial charge in [0.05, 0.1) is 16.3 Å². The summed E-state index contributed by atoms with van der Waals surface area (Å²) < 4.78 is 41.7. The Morgan fingerprint density at radius 1 is 1.10 bits per heavy atom. The summed E-state index contributed by atoms with van der Waals surface area (Å²) >= 11 is 0. The summed E-state index contributed by atoms with van der Waals surface area (Å²) in [5, 5.41) is 0. The molecular formula is C23H26FN3O2S. The number of hydrogen-bond donors (Lipinski definition) is 0. The minimum atomic E-state index is -3.85. The van der Waals surface area contributed by atoms with Crippen molar-refractivity contribution in [1.82, 2.24) is 9.88 Å². The number of halogens is 1. The number of fused-ring (bicyclic) bond motifs is 1. The largest absolute Gasteiger partial charge is 0.300 e. The molecule has 3 heterocycles. The fourth-order valence-corrected chi connectivity index (χ4v) is 6.63. The second kappa shape index (κ2) is 7.78. The highest BCUT2D eigenvalue weighted by Gasteiger charge is 2.40. The van der Waals surface area contributed by atoms with Crippen molar-refractivity contribution in [2.45, 2.75) is 49.0 Å². The van der Waals surface area contributed by atoms with Crippen molar-refractivity contribution < 1.29 is 12.8 Å². The van der Waals surface area contributed by atoms with Gasteiger partial charge in [-0.2, -0.15) is 0 Å². The predicted molar refractivity (Wildman–Crippen MR) is 114 cm³/mol. The summed E-state index contributed by atoms with van der Waals surface area (Å²) in [4.78, 5) is 7.12. The van der Waals surface area contributed by atoms with Gasteiger partial charge >= 0.3 is 0 Å². The monoisotopic (exact) mass is 427 g/mol. The van der Waals surface area contributed by atoms with Crippen LogP contribution in [-0.2, 0) is 10.0 Å². The van der Waals surface area contributed by atoms with Gasteiger partial charge in [-0.1, -0.05) is 17.7 Å². The molecule has 3 aliphatic rings. The number of sulfonamides is 1. The summed E-state index contributed by atoms with van der Waals surface area (Å²) in [5.74, 6) is -0.592. The van der Waals surface area contributed by atoms with Gasteiger partial charge in [0.15, 0.2) is 0 Å². The highest BCUT2D eigenvalue weighted by molar-refractivity contribution is 7.92. The van der Waals surface area contributed by atoms with Crippen molar-refractivity contribution in [3.63, 3.8) is 0 Å².